The molecule has 4 heterocycles. The molecule has 0 unspecified atom stereocenters. The second-order valence-corrected chi connectivity index (χ2v) is 13.7. The summed E-state index contributed by atoms with van der Waals surface area (Å²) in [4.78, 5) is 38.9. The Balaban J connectivity index is 0.000000512. The summed E-state index contributed by atoms with van der Waals surface area (Å²) in [5.41, 5.74) is 0.172. The molecule has 0 atom stereocenters. The molecule has 4 aromatic heterocycles. The van der Waals surface area contributed by atoms with Crippen LogP contribution in [0.25, 0.3) is 22.0 Å². The van der Waals surface area contributed by atoms with Crippen LogP contribution in [0, 0.1) is 11.8 Å². The third-order valence-corrected chi connectivity index (χ3v) is 8.72. The molecule has 53 heavy (non-hydrogen) atoms. The fourth-order valence-electron chi connectivity index (χ4n) is 4.72. The molecular formula is C34H53F2N8O7PS. The number of carbonyl (C=O) groups is 1. The monoisotopic (exact) mass is 786 g/mol. The van der Waals surface area contributed by atoms with E-state index in [0.29, 0.717) is 10.6 Å². The number of methoxy groups -OCH3 is 1. The minimum absolute atomic E-state index is 0.0304. The summed E-state index contributed by atoms with van der Waals surface area (Å²) < 4.78 is 40.8. The molecule has 1 aliphatic carbocycles. The molecule has 15 nitrogen and oxygen atoms in total. The van der Waals surface area contributed by atoms with Crippen LogP contribution in [0.5, 0.6) is 0 Å². The predicted molar refractivity (Wildman–Crippen MR) is 201 cm³/mol. The molecule has 6 N–H and O–H groups in total. The number of hydrogen-bond donors (Lipinski definition) is 6. The molecule has 19 heteroatoms. The molecule has 0 aliphatic heterocycles. The second kappa shape index (κ2) is 24.2. The van der Waals surface area contributed by atoms with Gasteiger partial charge >= 0.3 is 8.60 Å². The van der Waals surface area contributed by atoms with Crippen molar-refractivity contribution in [3.63, 3.8) is 0 Å². The van der Waals surface area contributed by atoms with E-state index in [1.807, 2.05) is 13.8 Å². The summed E-state index contributed by atoms with van der Waals surface area (Å²) in [6.07, 6.45) is 11.0. The summed E-state index contributed by atoms with van der Waals surface area (Å²) in [5, 5.41) is 33.7. The van der Waals surface area contributed by atoms with E-state index in [2.05, 4.69) is 49.4 Å². The molecular weight excluding hydrogens is 733 g/mol. The van der Waals surface area contributed by atoms with Gasteiger partial charge in [-0.2, -0.15) is 14.6 Å². The third-order valence-electron chi connectivity index (χ3n) is 7.48. The van der Waals surface area contributed by atoms with Crippen LogP contribution in [0.15, 0.2) is 36.1 Å². The Morgan fingerprint density at radius 2 is 1.72 bits per heavy atom. The van der Waals surface area contributed by atoms with Gasteiger partial charge in [0.25, 0.3) is 5.91 Å². The van der Waals surface area contributed by atoms with Crippen LogP contribution in [-0.4, -0.2) is 94.5 Å². The number of thiazole rings is 1. The molecule has 1 fully saturated rings. The van der Waals surface area contributed by atoms with Crippen LogP contribution in [0.1, 0.15) is 89.7 Å². The Labute approximate surface area is 314 Å². The average Bonchev–Trinajstić information content (AvgIpc) is 3.94. The summed E-state index contributed by atoms with van der Waals surface area (Å²) in [6.45, 7) is 11.3. The van der Waals surface area contributed by atoms with Gasteiger partial charge in [-0.3, -0.25) is 14.0 Å². The van der Waals surface area contributed by atoms with E-state index in [1.165, 1.54) is 28.6 Å². The molecule has 1 aliphatic rings. The van der Waals surface area contributed by atoms with E-state index in [1.54, 1.807) is 36.5 Å². The van der Waals surface area contributed by atoms with Gasteiger partial charge in [-0.15, -0.1) is 11.3 Å². The van der Waals surface area contributed by atoms with E-state index >= 15 is 0 Å². The lowest BCUT2D eigenvalue weighted by atomic mass is 9.96. The Morgan fingerprint density at radius 1 is 1.06 bits per heavy atom. The Morgan fingerprint density at radius 3 is 2.28 bits per heavy atom. The average molecular weight is 787 g/mol. The number of aliphatic hydroxyl groups excluding tert-OH is 2. The van der Waals surface area contributed by atoms with Gasteiger partial charge in [-0.25, -0.2) is 19.0 Å². The number of aromatic nitrogens is 6. The van der Waals surface area contributed by atoms with Gasteiger partial charge in [-0.1, -0.05) is 46.5 Å². The van der Waals surface area contributed by atoms with E-state index in [-0.39, 0.29) is 48.8 Å². The van der Waals surface area contributed by atoms with Crippen molar-refractivity contribution in [2.24, 2.45) is 0 Å². The maximum atomic E-state index is 14.6. The van der Waals surface area contributed by atoms with Crippen molar-refractivity contribution >= 4 is 31.5 Å². The van der Waals surface area contributed by atoms with Gasteiger partial charge in [0.05, 0.1) is 36.7 Å². The van der Waals surface area contributed by atoms with Crippen molar-refractivity contribution < 1.29 is 42.8 Å². The largest absolute Gasteiger partial charge is 0.394 e. The molecule has 0 saturated heterocycles. The molecule has 296 valence electrons. The first-order chi connectivity index (χ1) is 25.4. The summed E-state index contributed by atoms with van der Waals surface area (Å²) in [7, 11) is -0.827. The number of likely N-dealkylation sites (N-methyl/N-ethyl adjacent to an activating group) is 1. The number of hydrogen-bond acceptors (Lipinski definition) is 13. The molecule has 0 spiro atoms. The van der Waals surface area contributed by atoms with Crippen LogP contribution in [0.3, 0.4) is 0 Å². The fourth-order valence-corrected chi connectivity index (χ4v) is 5.71. The highest BCUT2D eigenvalue weighted by Crippen LogP contribution is 2.34. The summed E-state index contributed by atoms with van der Waals surface area (Å²) >= 11 is 1.21. The molecule has 0 bridgehead atoms. The highest BCUT2D eigenvalue weighted by atomic mass is 32.1. The number of pyridine rings is 1. The van der Waals surface area contributed by atoms with Crippen LogP contribution in [-0.2, 0) is 16.0 Å². The second-order valence-electron chi connectivity index (χ2n) is 12.1. The number of ether oxygens (including phenoxy) is 1. The normalized spacial score (nSPS) is 13.0. The number of carbonyl (C=O) groups excluding carboxylic acids is 1. The van der Waals surface area contributed by atoms with Crippen LogP contribution < -0.4 is 10.6 Å². The predicted octanol–water partition coefficient (Wildman–Crippen LogP) is 5.89. The maximum absolute atomic E-state index is 14.6. The molecule has 1 saturated carbocycles. The highest BCUT2D eigenvalue weighted by Gasteiger charge is 2.25. The lowest BCUT2D eigenvalue weighted by Gasteiger charge is -2.25. The minimum Gasteiger partial charge on any atom is -0.394 e. The first-order valence-electron chi connectivity index (χ1n) is 17.4. The van der Waals surface area contributed by atoms with E-state index in [4.69, 9.17) is 24.5 Å². The number of nitrogens with one attached hydrogen (secondary N) is 2. The smallest absolute Gasteiger partial charge is 0.328 e. The van der Waals surface area contributed by atoms with Gasteiger partial charge < -0.3 is 35.4 Å². The Bertz CT molecular complexity index is 1630. The molecule has 0 radical (unpaired) electrons. The van der Waals surface area contributed by atoms with Crippen molar-refractivity contribution in [1.82, 2.24) is 34.8 Å². The number of amides is 1. The van der Waals surface area contributed by atoms with Crippen LogP contribution in [0.2, 0.25) is 0 Å². The van der Waals surface area contributed by atoms with E-state index in [9.17, 15) is 13.6 Å². The topological polar surface area (TPSA) is 202 Å². The first-order valence-corrected chi connectivity index (χ1v) is 19.4. The van der Waals surface area contributed by atoms with Crippen molar-refractivity contribution in [3.8, 4) is 22.0 Å². The maximum Gasteiger partial charge on any atom is 0.328 e. The summed E-state index contributed by atoms with van der Waals surface area (Å²) in [5.74, 6) is -2.16. The molecule has 0 aromatic carbocycles. The lowest BCUT2D eigenvalue weighted by molar-refractivity contribution is 0.102. The zero-order chi connectivity index (χ0) is 39.4. The SMILES string of the molecule is CCC.CCNC(C)(CO)CO.CCOC.O=C(Nc1cn(C2CCCCC2)nc1-c1nc(F)ccc1F)c1csc(-c2cnn(COP(O)O)c2)n1. The lowest BCUT2D eigenvalue weighted by Crippen LogP contribution is -2.48. The van der Waals surface area contributed by atoms with Gasteiger partial charge in [-0.05, 0) is 45.4 Å². The fraction of sp³-hybridized carbons (Fsp3) is 0.559. The quantitative estimate of drug-likeness (QED) is 0.0694. The zero-order valence-corrected chi connectivity index (χ0v) is 32.8. The van der Waals surface area contributed by atoms with E-state index in [0.717, 1.165) is 57.4 Å². The van der Waals surface area contributed by atoms with Crippen molar-refractivity contribution in [2.45, 2.75) is 91.5 Å². The number of halogens is 2. The standard InChI is InChI=1S/C22H22F2N7O4PS.C6H15NO2.C3H8O.C3H8/c23-15-6-7-18(24)28-19(15)20-16(10-31(29-20)14-4-2-1-3-5-14)26-21(32)17-11-37-22(27-17)13-8-25-30(9-13)12-35-36(33)34;1-3-7-6(2,4-8)5-9;1-3-4-2;1-3-2/h6-11,14,33-34H,1-5,12H2,(H,26,32);7-9H,3-5H2,1-2H3;3H2,1-2H3;3H2,1-2H3. The number of anilines is 1. The Hall–Kier alpha value is -3.32. The highest BCUT2D eigenvalue weighted by molar-refractivity contribution is 7.39. The van der Waals surface area contributed by atoms with Crippen molar-refractivity contribution in [1.29, 1.82) is 0 Å². The van der Waals surface area contributed by atoms with Gasteiger partial charge in [0.2, 0.25) is 5.95 Å². The van der Waals surface area contributed by atoms with Crippen LogP contribution >= 0.6 is 19.9 Å². The number of aliphatic hydroxyl groups is 2. The van der Waals surface area contributed by atoms with Gasteiger partial charge in [0.15, 0.2) is 5.82 Å². The van der Waals surface area contributed by atoms with Crippen molar-refractivity contribution in [2.75, 3.05) is 38.8 Å². The molecule has 1 amide bonds. The minimum atomic E-state index is -2.51. The van der Waals surface area contributed by atoms with Crippen LogP contribution in [0.4, 0.5) is 14.5 Å². The number of nitrogens with zero attached hydrogens (tertiary/aromatic N) is 6. The van der Waals surface area contributed by atoms with E-state index < -0.39 is 31.8 Å². The Kier molecular flexibility index (Phi) is 20.9. The van der Waals surface area contributed by atoms with Gasteiger partial charge in [0, 0.05) is 37.1 Å². The molecule has 5 rings (SSSR count). The van der Waals surface area contributed by atoms with Gasteiger partial charge in [0.1, 0.15) is 28.8 Å². The molecule has 4 aromatic rings. The first kappa shape index (κ1) is 45.8. The summed E-state index contributed by atoms with van der Waals surface area (Å²) in [6, 6.07) is 1.99. The third kappa shape index (κ3) is 15.1. The number of rotatable bonds is 13. The zero-order valence-electron chi connectivity index (χ0n) is 31.1. The van der Waals surface area contributed by atoms with Crippen molar-refractivity contribution in [3.05, 3.63) is 53.6 Å².